The molecule has 1 unspecified atom stereocenters. The van der Waals surface area contributed by atoms with Crippen LogP contribution in [0.25, 0.3) is 0 Å². The first kappa shape index (κ1) is 25.5. The maximum absolute atomic E-state index is 11.2. The van der Waals surface area contributed by atoms with Gasteiger partial charge in [-0.3, -0.25) is 0 Å². The zero-order valence-electron chi connectivity index (χ0n) is 20.5. The molecule has 2 fully saturated rings. The number of rotatable bonds is 9. The minimum Gasteiger partial charge on any atom is -0.478 e. The molecule has 2 aliphatic heterocycles. The maximum Gasteiger partial charge on any atom is 0.335 e. The number of benzene rings is 3. The van der Waals surface area contributed by atoms with Gasteiger partial charge in [0, 0.05) is 12.7 Å². The lowest BCUT2D eigenvalue weighted by Gasteiger charge is -2.48. The number of methoxy groups -OCH3 is 1. The van der Waals surface area contributed by atoms with Gasteiger partial charge in [-0.15, -0.1) is 0 Å². The Hall–Kier alpha value is -3.11. The Morgan fingerprint density at radius 3 is 2.11 bits per heavy atom. The van der Waals surface area contributed by atoms with Crippen molar-refractivity contribution in [2.45, 2.75) is 50.2 Å². The van der Waals surface area contributed by atoms with Crippen LogP contribution in [0.2, 0.25) is 0 Å². The molecule has 0 radical (unpaired) electrons. The smallest absolute Gasteiger partial charge is 0.335 e. The highest BCUT2D eigenvalue weighted by Gasteiger charge is 2.51. The van der Waals surface area contributed by atoms with Gasteiger partial charge in [0.2, 0.25) is 0 Å². The SMILES string of the molecule is CO[C@H]1O[C@@H]2COC(c3ccccc3)O[C@H]2[C@H](OCc2ccc(C(=O)O)cc2)[C@H]1OCc1ccccc1. The summed E-state index contributed by atoms with van der Waals surface area (Å²) < 4.78 is 37.1. The van der Waals surface area contributed by atoms with Gasteiger partial charge in [-0.05, 0) is 23.3 Å². The maximum atomic E-state index is 11.2. The number of ether oxygens (including phenoxy) is 6. The van der Waals surface area contributed by atoms with E-state index in [4.69, 9.17) is 28.4 Å². The third-order valence-electron chi connectivity index (χ3n) is 6.52. The predicted molar refractivity (Wildman–Crippen MR) is 133 cm³/mol. The Bertz CT molecular complexity index is 1130. The Labute approximate surface area is 215 Å². The highest BCUT2D eigenvalue weighted by Crippen LogP contribution is 2.37. The number of carbonyl (C=O) groups is 1. The van der Waals surface area contributed by atoms with Gasteiger partial charge >= 0.3 is 5.97 Å². The lowest BCUT2D eigenvalue weighted by atomic mass is 9.97. The normalized spacial score (nSPS) is 27.4. The summed E-state index contributed by atoms with van der Waals surface area (Å²) in [7, 11) is 1.57. The molecule has 0 aliphatic carbocycles. The van der Waals surface area contributed by atoms with E-state index in [-0.39, 0.29) is 12.2 Å². The third-order valence-corrected chi connectivity index (χ3v) is 6.52. The molecule has 2 saturated heterocycles. The number of carboxylic acid groups (broad SMARTS) is 1. The molecule has 3 aromatic rings. The van der Waals surface area contributed by atoms with Gasteiger partial charge in [0.25, 0.3) is 0 Å². The third kappa shape index (κ3) is 6.07. The molecule has 6 atom stereocenters. The largest absolute Gasteiger partial charge is 0.478 e. The van der Waals surface area contributed by atoms with Gasteiger partial charge in [0.15, 0.2) is 12.6 Å². The Balaban J connectivity index is 1.38. The highest BCUT2D eigenvalue weighted by atomic mass is 16.8. The fourth-order valence-electron chi connectivity index (χ4n) is 4.58. The number of aromatic carboxylic acids is 1. The molecular weight excluding hydrogens is 476 g/mol. The quantitative estimate of drug-likeness (QED) is 0.458. The van der Waals surface area contributed by atoms with Crippen LogP contribution in [-0.2, 0) is 41.6 Å². The average molecular weight is 507 g/mol. The van der Waals surface area contributed by atoms with E-state index in [0.717, 1.165) is 16.7 Å². The molecule has 5 rings (SSSR count). The first-order valence-corrected chi connectivity index (χ1v) is 12.2. The second-order valence-corrected chi connectivity index (χ2v) is 8.99. The summed E-state index contributed by atoms with van der Waals surface area (Å²) in [6.07, 6.45) is -3.28. The Kier molecular flexibility index (Phi) is 8.25. The van der Waals surface area contributed by atoms with E-state index in [1.54, 1.807) is 31.4 Å². The van der Waals surface area contributed by atoms with E-state index < -0.39 is 43.0 Å². The molecule has 2 aliphatic rings. The van der Waals surface area contributed by atoms with Crippen LogP contribution in [0.3, 0.4) is 0 Å². The van der Waals surface area contributed by atoms with Crippen LogP contribution >= 0.6 is 0 Å². The predicted octanol–water partition coefficient (Wildman–Crippen LogP) is 4.34. The monoisotopic (exact) mass is 506 g/mol. The second kappa shape index (κ2) is 12.0. The summed E-state index contributed by atoms with van der Waals surface area (Å²) in [4.78, 5) is 11.2. The lowest BCUT2D eigenvalue weighted by molar-refractivity contribution is -0.369. The topological polar surface area (TPSA) is 92.7 Å². The molecule has 1 N–H and O–H groups in total. The van der Waals surface area contributed by atoms with Crippen molar-refractivity contribution in [3.63, 3.8) is 0 Å². The Morgan fingerprint density at radius 1 is 0.838 bits per heavy atom. The average Bonchev–Trinajstić information content (AvgIpc) is 2.95. The van der Waals surface area contributed by atoms with Crippen molar-refractivity contribution in [1.29, 1.82) is 0 Å². The Morgan fingerprint density at radius 2 is 1.46 bits per heavy atom. The summed E-state index contributed by atoms with van der Waals surface area (Å²) >= 11 is 0. The minimum atomic E-state index is -0.973. The van der Waals surface area contributed by atoms with Crippen LogP contribution in [0.4, 0.5) is 0 Å². The molecular formula is C29H30O8. The van der Waals surface area contributed by atoms with Crippen LogP contribution in [0.15, 0.2) is 84.9 Å². The molecule has 0 spiro atoms. The zero-order chi connectivity index (χ0) is 25.6. The van der Waals surface area contributed by atoms with Gasteiger partial charge in [0.1, 0.15) is 24.4 Å². The summed E-state index contributed by atoms with van der Waals surface area (Å²) in [5.41, 5.74) is 2.96. The lowest BCUT2D eigenvalue weighted by Crippen LogP contribution is -2.63. The van der Waals surface area contributed by atoms with E-state index in [2.05, 4.69) is 0 Å². The first-order valence-electron chi connectivity index (χ1n) is 12.2. The van der Waals surface area contributed by atoms with E-state index in [9.17, 15) is 9.90 Å². The van der Waals surface area contributed by atoms with Crippen LogP contribution in [0, 0.1) is 0 Å². The standard InChI is InChI=1S/C29H30O8/c1-32-29-26(34-16-19-8-4-2-5-9-19)25(33-17-20-12-14-21(15-13-20)27(30)31)24-23(36-29)18-35-28(37-24)22-10-6-3-7-11-22/h2-15,23-26,28-29H,16-18H2,1H3,(H,30,31)/t23-,24-,25+,26-,28?,29+/m1/s1. The van der Waals surface area contributed by atoms with Gasteiger partial charge in [-0.1, -0.05) is 72.8 Å². The summed E-state index contributed by atoms with van der Waals surface area (Å²) in [6, 6.07) is 26.2. The van der Waals surface area contributed by atoms with Gasteiger partial charge < -0.3 is 33.5 Å². The van der Waals surface area contributed by atoms with Crippen LogP contribution in [0.1, 0.15) is 33.3 Å². The molecule has 0 amide bonds. The molecule has 3 aromatic carbocycles. The minimum absolute atomic E-state index is 0.219. The van der Waals surface area contributed by atoms with Crippen molar-refractivity contribution < 1.29 is 38.3 Å². The molecule has 194 valence electrons. The van der Waals surface area contributed by atoms with Crippen molar-refractivity contribution in [1.82, 2.24) is 0 Å². The summed E-state index contributed by atoms with van der Waals surface area (Å²) in [5, 5.41) is 9.20. The van der Waals surface area contributed by atoms with Crippen molar-refractivity contribution in [3.05, 3.63) is 107 Å². The summed E-state index contributed by atoms with van der Waals surface area (Å²) in [6.45, 7) is 0.885. The van der Waals surface area contributed by atoms with E-state index in [1.807, 2.05) is 60.7 Å². The molecule has 8 heteroatoms. The van der Waals surface area contributed by atoms with Crippen molar-refractivity contribution in [2.75, 3.05) is 13.7 Å². The van der Waals surface area contributed by atoms with Crippen LogP contribution in [-0.4, -0.2) is 55.5 Å². The number of hydrogen-bond donors (Lipinski definition) is 1. The molecule has 8 nitrogen and oxygen atoms in total. The van der Waals surface area contributed by atoms with Crippen molar-refractivity contribution >= 4 is 5.97 Å². The van der Waals surface area contributed by atoms with Crippen LogP contribution < -0.4 is 0 Å². The number of carboxylic acids is 1. The molecule has 2 heterocycles. The van der Waals surface area contributed by atoms with E-state index in [1.165, 1.54) is 0 Å². The molecule has 0 bridgehead atoms. The fraction of sp³-hybridized carbons (Fsp3) is 0.345. The first-order chi connectivity index (χ1) is 18.1. The van der Waals surface area contributed by atoms with Crippen molar-refractivity contribution in [2.24, 2.45) is 0 Å². The molecule has 0 saturated carbocycles. The van der Waals surface area contributed by atoms with Gasteiger partial charge in [-0.25, -0.2) is 4.79 Å². The highest BCUT2D eigenvalue weighted by molar-refractivity contribution is 5.87. The van der Waals surface area contributed by atoms with Crippen LogP contribution in [0.5, 0.6) is 0 Å². The fourth-order valence-corrected chi connectivity index (χ4v) is 4.58. The molecule has 0 aromatic heterocycles. The van der Waals surface area contributed by atoms with E-state index >= 15 is 0 Å². The van der Waals surface area contributed by atoms with E-state index in [0.29, 0.717) is 13.2 Å². The second-order valence-electron chi connectivity index (χ2n) is 8.99. The molecule has 37 heavy (non-hydrogen) atoms. The van der Waals surface area contributed by atoms with Crippen molar-refractivity contribution in [3.8, 4) is 0 Å². The number of hydrogen-bond acceptors (Lipinski definition) is 7. The van der Waals surface area contributed by atoms with Gasteiger partial charge in [-0.2, -0.15) is 0 Å². The summed E-state index contributed by atoms with van der Waals surface area (Å²) in [5.74, 6) is -0.973. The van der Waals surface area contributed by atoms with Gasteiger partial charge in [0.05, 0.1) is 25.4 Å². The zero-order valence-corrected chi connectivity index (χ0v) is 20.5. The number of fused-ring (bicyclic) bond motifs is 1.